The molecule has 0 radical (unpaired) electrons. The van der Waals surface area contributed by atoms with Gasteiger partial charge in [0.15, 0.2) is 0 Å². The van der Waals surface area contributed by atoms with Gasteiger partial charge in [0, 0.05) is 29.8 Å². The lowest BCUT2D eigenvalue weighted by Gasteiger charge is -2.22. The maximum Gasteiger partial charge on any atom is 0.247 e. The SMILES string of the molecule is CC(C)(CO)CNc1ccc(-c2nnco2)cc1. The van der Waals surface area contributed by atoms with Crippen LogP contribution in [0.15, 0.2) is 35.1 Å². The lowest BCUT2D eigenvalue weighted by atomic mass is 9.95. The summed E-state index contributed by atoms with van der Waals surface area (Å²) in [5.41, 5.74) is 1.75. The highest BCUT2D eigenvalue weighted by molar-refractivity contribution is 5.58. The van der Waals surface area contributed by atoms with Crippen molar-refractivity contribution in [3.63, 3.8) is 0 Å². The van der Waals surface area contributed by atoms with Gasteiger partial charge in [0.25, 0.3) is 0 Å². The van der Waals surface area contributed by atoms with E-state index in [1.54, 1.807) is 0 Å². The molecule has 0 atom stereocenters. The summed E-state index contributed by atoms with van der Waals surface area (Å²) < 4.78 is 5.12. The summed E-state index contributed by atoms with van der Waals surface area (Å²) in [7, 11) is 0. The van der Waals surface area contributed by atoms with E-state index in [1.807, 2.05) is 38.1 Å². The van der Waals surface area contributed by atoms with E-state index in [0.29, 0.717) is 12.4 Å². The molecule has 0 spiro atoms. The van der Waals surface area contributed by atoms with E-state index in [2.05, 4.69) is 15.5 Å². The standard InChI is InChI=1S/C13H17N3O2/c1-13(2,8-17)7-14-11-5-3-10(4-6-11)12-16-15-9-18-12/h3-6,9,14,17H,7-8H2,1-2H3. The van der Waals surface area contributed by atoms with E-state index in [-0.39, 0.29) is 12.0 Å². The zero-order valence-corrected chi connectivity index (χ0v) is 10.6. The fourth-order valence-electron chi connectivity index (χ4n) is 1.43. The van der Waals surface area contributed by atoms with E-state index in [1.165, 1.54) is 6.39 Å². The first-order valence-corrected chi connectivity index (χ1v) is 5.82. The van der Waals surface area contributed by atoms with Gasteiger partial charge in [0.05, 0.1) is 0 Å². The highest BCUT2D eigenvalue weighted by atomic mass is 16.4. The van der Waals surface area contributed by atoms with Gasteiger partial charge in [-0.2, -0.15) is 0 Å². The van der Waals surface area contributed by atoms with Gasteiger partial charge in [-0.3, -0.25) is 0 Å². The Hall–Kier alpha value is -1.88. The zero-order chi connectivity index (χ0) is 13.0. The number of aliphatic hydroxyl groups excluding tert-OH is 1. The predicted octanol–water partition coefficient (Wildman–Crippen LogP) is 2.17. The Morgan fingerprint density at radius 1 is 1.28 bits per heavy atom. The summed E-state index contributed by atoms with van der Waals surface area (Å²) in [6, 6.07) is 7.74. The quantitative estimate of drug-likeness (QED) is 0.847. The van der Waals surface area contributed by atoms with Crippen LogP contribution in [0.5, 0.6) is 0 Å². The van der Waals surface area contributed by atoms with Crippen LogP contribution in [0.1, 0.15) is 13.8 Å². The smallest absolute Gasteiger partial charge is 0.247 e. The second-order valence-electron chi connectivity index (χ2n) is 5.00. The molecule has 0 saturated carbocycles. The van der Waals surface area contributed by atoms with E-state index in [4.69, 9.17) is 4.42 Å². The average Bonchev–Trinajstić information content (AvgIpc) is 2.91. The molecule has 0 aliphatic heterocycles. The molecular weight excluding hydrogens is 230 g/mol. The Balaban J connectivity index is 2.00. The summed E-state index contributed by atoms with van der Waals surface area (Å²) in [5.74, 6) is 0.511. The number of hydrogen-bond acceptors (Lipinski definition) is 5. The van der Waals surface area contributed by atoms with Crippen LogP contribution in [0, 0.1) is 5.41 Å². The van der Waals surface area contributed by atoms with Crippen LogP contribution >= 0.6 is 0 Å². The lowest BCUT2D eigenvalue weighted by molar-refractivity contribution is 0.171. The molecule has 1 heterocycles. The fraction of sp³-hybridized carbons (Fsp3) is 0.385. The molecule has 5 nitrogen and oxygen atoms in total. The van der Waals surface area contributed by atoms with Crippen molar-refractivity contribution < 1.29 is 9.52 Å². The van der Waals surface area contributed by atoms with Crippen molar-refractivity contribution in [2.45, 2.75) is 13.8 Å². The molecule has 18 heavy (non-hydrogen) atoms. The molecule has 0 aliphatic carbocycles. The molecule has 1 aromatic carbocycles. The zero-order valence-electron chi connectivity index (χ0n) is 10.6. The van der Waals surface area contributed by atoms with E-state index < -0.39 is 0 Å². The van der Waals surface area contributed by atoms with Crippen LogP contribution in [0.2, 0.25) is 0 Å². The molecule has 96 valence electrons. The van der Waals surface area contributed by atoms with Crippen molar-refractivity contribution in [3.8, 4) is 11.5 Å². The van der Waals surface area contributed by atoms with Crippen LogP contribution in [0.25, 0.3) is 11.5 Å². The Kier molecular flexibility index (Phi) is 3.62. The molecule has 0 fully saturated rings. The van der Waals surface area contributed by atoms with E-state index in [0.717, 1.165) is 11.3 Å². The van der Waals surface area contributed by atoms with E-state index >= 15 is 0 Å². The number of aliphatic hydroxyl groups is 1. The second-order valence-corrected chi connectivity index (χ2v) is 5.00. The van der Waals surface area contributed by atoms with Crippen molar-refractivity contribution in [1.82, 2.24) is 10.2 Å². The topological polar surface area (TPSA) is 71.2 Å². The lowest BCUT2D eigenvalue weighted by Crippen LogP contribution is -2.26. The van der Waals surface area contributed by atoms with Crippen molar-refractivity contribution in [1.29, 1.82) is 0 Å². The van der Waals surface area contributed by atoms with Crippen molar-refractivity contribution >= 4 is 5.69 Å². The summed E-state index contributed by atoms with van der Waals surface area (Å²) in [4.78, 5) is 0. The molecule has 0 aliphatic rings. The maximum absolute atomic E-state index is 9.17. The summed E-state index contributed by atoms with van der Waals surface area (Å²) in [6.45, 7) is 4.88. The van der Waals surface area contributed by atoms with Crippen LogP contribution in [-0.2, 0) is 0 Å². The van der Waals surface area contributed by atoms with Crippen LogP contribution in [-0.4, -0.2) is 28.5 Å². The first kappa shape index (κ1) is 12.6. The van der Waals surface area contributed by atoms with Crippen LogP contribution in [0.3, 0.4) is 0 Å². The molecule has 0 unspecified atom stereocenters. The number of rotatable bonds is 5. The number of aromatic nitrogens is 2. The highest BCUT2D eigenvalue weighted by Crippen LogP contribution is 2.20. The van der Waals surface area contributed by atoms with Gasteiger partial charge < -0.3 is 14.8 Å². The van der Waals surface area contributed by atoms with Crippen molar-refractivity contribution in [2.75, 3.05) is 18.5 Å². The maximum atomic E-state index is 9.17. The molecule has 0 amide bonds. The highest BCUT2D eigenvalue weighted by Gasteiger charge is 2.15. The van der Waals surface area contributed by atoms with Gasteiger partial charge in [-0.25, -0.2) is 0 Å². The first-order chi connectivity index (χ1) is 8.61. The summed E-state index contributed by atoms with van der Waals surface area (Å²) in [5, 5.41) is 19.9. The normalized spacial score (nSPS) is 11.5. The average molecular weight is 247 g/mol. The molecule has 0 bridgehead atoms. The van der Waals surface area contributed by atoms with Gasteiger partial charge in [-0.1, -0.05) is 13.8 Å². The van der Waals surface area contributed by atoms with Crippen LogP contribution in [0.4, 0.5) is 5.69 Å². The van der Waals surface area contributed by atoms with Gasteiger partial charge in [0.2, 0.25) is 12.3 Å². The molecule has 5 heteroatoms. The van der Waals surface area contributed by atoms with Gasteiger partial charge >= 0.3 is 0 Å². The largest absolute Gasteiger partial charge is 0.423 e. The monoisotopic (exact) mass is 247 g/mol. The molecule has 0 saturated heterocycles. The summed E-state index contributed by atoms with van der Waals surface area (Å²) in [6.07, 6.45) is 1.31. The van der Waals surface area contributed by atoms with Crippen molar-refractivity contribution in [2.24, 2.45) is 5.41 Å². The molecule has 2 aromatic rings. The molecular formula is C13H17N3O2. The third kappa shape index (κ3) is 3.07. The number of anilines is 1. The number of nitrogens with one attached hydrogen (secondary N) is 1. The number of benzene rings is 1. The van der Waals surface area contributed by atoms with Gasteiger partial charge in [-0.05, 0) is 24.3 Å². The summed E-state index contributed by atoms with van der Waals surface area (Å²) >= 11 is 0. The Labute approximate surface area is 106 Å². The molecule has 2 rings (SSSR count). The van der Waals surface area contributed by atoms with Crippen molar-refractivity contribution in [3.05, 3.63) is 30.7 Å². The number of hydrogen-bond donors (Lipinski definition) is 2. The van der Waals surface area contributed by atoms with Gasteiger partial charge in [0.1, 0.15) is 0 Å². The Bertz CT molecular complexity index is 477. The first-order valence-electron chi connectivity index (χ1n) is 5.82. The van der Waals surface area contributed by atoms with E-state index in [9.17, 15) is 5.11 Å². The minimum Gasteiger partial charge on any atom is -0.423 e. The molecule has 2 N–H and O–H groups in total. The fourth-order valence-corrected chi connectivity index (χ4v) is 1.43. The molecule has 1 aromatic heterocycles. The Morgan fingerprint density at radius 3 is 2.56 bits per heavy atom. The second kappa shape index (κ2) is 5.18. The third-order valence-electron chi connectivity index (χ3n) is 2.69. The predicted molar refractivity (Wildman–Crippen MR) is 69.1 cm³/mol. The van der Waals surface area contributed by atoms with Gasteiger partial charge in [-0.15, -0.1) is 10.2 Å². The van der Waals surface area contributed by atoms with Crippen LogP contribution < -0.4 is 5.32 Å². The number of nitrogens with zero attached hydrogens (tertiary/aromatic N) is 2. The third-order valence-corrected chi connectivity index (χ3v) is 2.69. The minimum atomic E-state index is -0.134. The minimum absolute atomic E-state index is 0.134. The Morgan fingerprint density at radius 2 is 2.00 bits per heavy atom.